The van der Waals surface area contributed by atoms with Gasteiger partial charge in [-0.3, -0.25) is 4.79 Å². The Morgan fingerprint density at radius 2 is 1.07 bits per heavy atom. The summed E-state index contributed by atoms with van der Waals surface area (Å²) in [6.45, 7) is 15.9. The number of hydrogen-bond donors (Lipinski definition) is 5. The van der Waals surface area contributed by atoms with Gasteiger partial charge < -0.3 is 45.9 Å². The van der Waals surface area contributed by atoms with E-state index in [4.69, 9.17) is 25.7 Å². The van der Waals surface area contributed by atoms with Gasteiger partial charge in [-0.1, -0.05) is 0 Å². The largest absolute Gasteiger partial charge is 0.444 e. The van der Waals surface area contributed by atoms with Crippen LogP contribution in [0.2, 0.25) is 0 Å². The molecule has 3 aliphatic rings. The first-order chi connectivity index (χ1) is 41.8. The maximum atomic E-state index is 12.4. The summed E-state index contributed by atoms with van der Waals surface area (Å²) in [5.41, 5.74) is 10.9. The number of hydrogen-bond acceptors (Lipinski definition) is 20. The molecule has 448 valence electrons. The summed E-state index contributed by atoms with van der Waals surface area (Å²) in [4.78, 5) is 63.5. The van der Waals surface area contributed by atoms with Crippen molar-refractivity contribution >= 4 is 40.4 Å². The van der Waals surface area contributed by atoms with Crippen molar-refractivity contribution in [3.05, 3.63) is 137 Å². The highest BCUT2D eigenvalue weighted by atomic mass is 16.6. The standard InChI is InChI=1S/C22H25N7O2.C17H17N7.C12H7N5O.C10H20N2O2/c1-22(2,3)31-21(30)28-9-4-5-16(14-28)26-19-6-8-24-20(27-19)17-13-25-29-10-7-15(12-23)11-18(17)29;18-9-12-4-7-24-15(8-12)14(11-21-24)17-20-6-3-16(23-17)22-13-2-1-5-19-10-13;13-6-8-2-4-17-10(5-8)9(7-15-17)12-14-3-1-11(18)16-12;1-10(2,3)14-9(13)12-6-4-5-8(11)7-12/h6-8,10-11,13,16H,4-5,9,14H2,1-3H3,(H,24,26,27);3-4,6-8,11,13,19H,1-2,5,10H2,(H,20,22,23);1-5,7H,(H,14,16,18);8H,4-7,11H2,1-3H3/t16-;13-;;8-/m11.1/s1. The first-order valence-corrected chi connectivity index (χ1v) is 28.6. The molecule has 0 spiro atoms. The van der Waals surface area contributed by atoms with E-state index >= 15 is 0 Å². The normalized spacial score (nSPS) is 16.7. The Morgan fingerprint density at radius 3 is 1.54 bits per heavy atom. The number of amides is 2. The smallest absolute Gasteiger partial charge is 0.410 e. The van der Waals surface area contributed by atoms with Crippen LogP contribution in [0.4, 0.5) is 21.2 Å². The Morgan fingerprint density at radius 1 is 0.609 bits per heavy atom. The van der Waals surface area contributed by atoms with Crippen molar-refractivity contribution in [1.82, 2.24) is 73.9 Å². The molecular weight excluding hydrogens is 1110 g/mol. The molecule has 2 amide bonds. The van der Waals surface area contributed by atoms with Crippen LogP contribution in [-0.2, 0) is 9.47 Å². The second-order valence-electron chi connectivity index (χ2n) is 23.0. The number of rotatable bonds is 7. The first-order valence-electron chi connectivity index (χ1n) is 28.6. The summed E-state index contributed by atoms with van der Waals surface area (Å²) in [6, 6.07) is 22.3. The molecule has 26 heteroatoms. The lowest BCUT2D eigenvalue weighted by Gasteiger charge is -2.34. The van der Waals surface area contributed by atoms with E-state index in [0.717, 1.165) is 85.2 Å². The van der Waals surface area contributed by atoms with Crippen LogP contribution in [0.15, 0.2) is 115 Å². The minimum absolute atomic E-state index is 0.0677. The van der Waals surface area contributed by atoms with Crippen molar-refractivity contribution in [2.24, 2.45) is 5.73 Å². The van der Waals surface area contributed by atoms with Gasteiger partial charge in [0.25, 0.3) is 5.56 Å². The Kier molecular flexibility index (Phi) is 19.4. The number of carbonyl (C=O) groups is 2. The van der Waals surface area contributed by atoms with Gasteiger partial charge >= 0.3 is 12.2 Å². The number of anilines is 2. The number of H-pyrrole nitrogens is 1. The molecule has 0 bridgehead atoms. The molecule has 9 aromatic heterocycles. The third kappa shape index (κ3) is 16.5. The van der Waals surface area contributed by atoms with Gasteiger partial charge in [0.15, 0.2) is 11.6 Å². The Hall–Kier alpha value is -10.4. The number of nitrogens with two attached hydrogens (primary N) is 1. The quantitative estimate of drug-likeness (QED) is 0.102. The molecule has 6 N–H and O–H groups in total. The fraction of sp³-hybridized carbons (Fsp3) is 0.377. The maximum absolute atomic E-state index is 12.4. The maximum Gasteiger partial charge on any atom is 0.410 e. The van der Waals surface area contributed by atoms with E-state index < -0.39 is 11.2 Å². The number of nitriles is 3. The average Bonchev–Trinajstić information content (AvgIpc) is 2.41. The summed E-state index contributed by atoms with van der Waals surface area (Å²) in [5.74, 6) is 3.05. The molecule has 0 aliphatic carbocycles. The third-order valence-electron chi connectivity index (χ3n) is 13.9. The lowest BCUT2D eigenvalue weighted by atomic mass is 10.1. The second-order valence-corrected chi connectivity index (χ2v) is 23.0. The van der Waals surface area contributed by atoms with Gasteiger partial charge in [0.05, 0.1) is 86.7 Å². The van der Waals surface area contributed by atoms with Crippen molar-refractivity contribution in [3.63, 3.8) is 0 Å². The Bertz CT molecular complexity index is 4060. The van der Waals surface area contributed by atoms with Gasteiger partial charge in [-0.25, -0.2) is 48.1 Å². The van der Waals surface area contributed by atoms with Crippen LogP contribution < -0.4 is 27.2 Å². The molecule has 26 nitrogen and oxygen atoms in total. The van der Waals surface area contributed by atoms with Gasteiger partial charge in [0.1, 0.15) is 28.7 Å². The summed E-state index contributed by atoms with van der Waals surface area (Å²) in [5, 5.41) is 50.2. The number of pyridine rings is 3. The fourth-order valence-electron chi connectivity index (χ4n) is 9.81. The first kappa shape index (κ1) is 61.2. The number of likely N-dealkylation sites (tertiary alicyclic amines) is 2. The molecule has 12 rings (SSSR count). The highest BCUT2D eigenvalue weighted by Crippen LogP contribution is 2.27. The minimum atomic E-state index is -0.515. The second kappa shape index (κ2) is 27.6. The SMILES string of the molecule is CC(C)(C)OC(=O)N1CCC[C@@H](N)C1.CC(C)(C)OC(=O)N1CCC[C@@H](Nc2ccnc(-c3cnn4ccc(C#N)cc34)n2)C1.N#Cc1ccn2ncc(-c3nccc(=O)[nH]3)c2c1.N#Cc1ccn2ncc(-c3nccc(N[C@@H]4CCCNC4)n3)c2c1. The van der Waals surface area contributed by atoms with E-state index in [1.807, 2.05) is 53.7 Å². The van der Waals surface area contributed by atoms with E-state index in [1.165, 1.54) is 18.7 Å². The lowest BCUT2D eigenvalue weighted by Crippen LogP contribution is -2.47. The Labute approximate surface area is 502 Å². The van der Waals surface area contributed by atoms with Gasteiger partial charge in [-0.2, -0.15) is 31.1 Å². The molecule has 9 aromatic rings. The summed E-state index contributed by atoms with van der Waals surface area (Å²) in [7, 11) is 0. The van der Waals surface area contributed by atoms with Gasteiger partial charge in [0, 0.05) is 94.1 Å². The van der Waals surface area contributed by atoms with Crippen molar-refractivity contribution in [3.8, 4) is 52.4 Å². The fourth-order valence-corrected chi connectivity index (χ4v) is 9.81. The predicted octanol–water partition coefficient (Wildman–Crippen LogP) is 7.60. The van der Waals surface area contributed by atoms with Crippen molar-refractivity contribution in [1.29, 1.82) is 15.8 Å². The predicted molar refractivity (Wildman–Crippen MR) is 325 cm³/mol. The summed E-state index contributed by atoms with van der Waals surface area (Å²) in [6.07, 6.45) is 20.7. The highest BCUT2D eigenvalue weighted by Gasteiger charge is 2.29. The number of aromatic nitrogens is 12. The molecule has 0 saturated carbocycles. The molecule has 87 heavy (non-hydrogen) atoms. The van der Waals surface area contributed by atoms with E-state index in [-0.39, 0.29) is 29.8 Å². The summed E-state index contributed by atoms with van der Waals surface area (Å²) < 4.78 is 15.8. The van der Waals surface area contributed by atoms with Gasteiger partial charge in [0.2, 0.25) is 0 Å². The molecule has 3 atom stereocenters. The molecule has 0 radical (unpaired) electrons. The molecule has 0 aromatic carbocycles. The number of carbonyl (C=O) groups excluding carboxylic acids is 2. The minimum Gasteiger partial charge on any atom is -0.444 e. The molecule has 12 heterocycles. The zero-order chi connectivity index (χ0) is 61.7. The van der Waals surface area contributed by atoms with Crippen LogP contribution in [0.25, 0.3) is 50.7 Å². The van der Waals surface area contributed by atoms with E-state index in [2.05, 4.69) is 79.4 Å². The summed E-state index contributed by atoms with van der Waals surface area (Å²) >= 11 is 0. The van der Waals surface area contributed by atoms with Crippen LogP contribution in [0, 0.1) is 34.0 Å². The third-order valence-corrected chi connectivity index (χ3v) is 13.9. The lowest BCUT2D eigenvalue weighted by molar-refractivity contribution is 0.0193. The van der Waals surface area contributed by atoms with E-state index in [0.29, 0.717) is 71.2 Å². The monoisotopic (exact) mass is 1180 g/mol. The van der Waals surface area contributed by atoms with Gasteiger partial charge in [-0.05, 0) is 135 Å². The topological polar surface area (TPSA) is 342 Å². The van der Waals surface area contributed by atoms with Crippen LogP contribution in [-0.4, -0.2) is 149 Å². The number of ether oxygens (including phenoxy) is 2. The zero-order valence-corrected chi connectivity index (χ0v) is 49.4. The zero-order valence-electron chi connectivity index (χ0n) is 49.4. The molecule has 3 saturated heterocycles. The molecule has 3 aliphatic heterocycles. The molecule has 3 fully saturated rings. The number of fused-ring (bicyclic) bond motifs is 3. The number of piperidine rings is 3. The van der Waals surface area contributed by atoms with Crippen LogP contribution in [0.1, 0.15) is 96.8 Å². The van der Waals surface area contributed by atoms with Gasteiger partial charge in [-0.15, -0.1) is 0 Å². The number of nitrogens with zero attached hydrogens (tertiary/aromatic N) is 16. The van der Waals surface area contributed by atoms with E-state index in [1.54, 1.807) is 109 Å². The van der Waals surface area contributed by atoms with E-state index in [9.17, 15) is 19.6 Å². The van der Waals surface area contributed by atoms with Crippen molar-refractivity contribution in [2.75, 3.05) is 49.9 Å². The Balaban J connectivity index is 0.000000144. The van der Waals surface area contributed by atoms with Crippen molar-refractivity contribution < 1.29 is 19.1 Å². The number of aromatic amines is 1. The van der Waals surface area contributed by atoms with Crippen molar-refractivity contribution in [2.45, 2.75) is 109 Å². The molecule has 0 unspecified atom stereocenters. The van der Waals surface area contributed by atoms with Crippen LogP contribution in [0.5, 0.6) is 0 Å². The average molecular weight is 1180 g/mol. The van der Waals surface area contributed by atoms with Crippen LogP contribution in [0.3, 0.4) is 0 Å². The van der Waals surface area contributed by atoms with Crippen LogP contribution >= 0.6 is 0 Å². The highest BCUT2D eigenvalue weighted by molar-refractivity contribution is 5.79. The number of nitrogens with one attached hydrogen (secondary N) is 4. The molecular formula is C61H69N21O5.